The maximum absolute atomic E-state index is 12.8. The number of anilines is 1. The molecule has 0 atom stereocenters. The van der Waals surface area contributed by atoms with Gasteiger partial charge in [-0.25, -0.2) is 0 Å². The molecular formula is C24H25ClN2O3. The number of benzene rings is 2. The van der Waals surface area contributed by atoms with Crippen LogP contribution in [0, 0.1) is 6.92 Å². The number of rotatable bonds is 2. The number of oxazole rings is 1. The lowest BCUT2D eigenvalue weighted by Gasteiger charge is -2.44. The highest BCUT2D eigenvalue weighted by Crippen LogP contribution is 2.42. The molecule has 0 saturated carbocycles. The minimum atomic E-state index is -0.462. The second-order valence-electron chi connectivity index (χ2n) is 8.85. The first-order chi connectivity index (χ1) is 14.3. The number of fused-ring (bicyclic) bond motifs is 2. The van der Waals surface area contributed by atoms with Gasteiger partial charge in [0.05, 0.1) is 12.0 Å². The third-order valence-electron chi connectivity index (χ3n) is 6.35. The minimum absolute atomic E-state index is 0.110. The van der Waals surface area contributed by atoms with Crippen molar-refractivity contribution in [3.63, 3.8) is 0 Å². The lowest BCUT2D eigenvalue weighted by atomic mass is 9.82. The van der Waals surface area contributed by atoms with Gasteiger partial charge in [0.25, 0.3) is 6.01 Å². The quantitative estimate of drug-likeness (QED) is 0.511. The van der Waals surface area contributed by atoms with E-state index in [1.54, 1.807) is 6.07 Å². The zero-order chi connectivity index (χ0) is 21.0. The van der Waals surface area contributed by atoms with E-state index in [1.807, 2.05) is 19.1 Å². The van der Waals surface area contributed by atoms with Crippen LogP contribution < -0.4 is 9.64 Å². The molecule has 2 aliphatic rings. The molecule has 3 heterocycles. The molecule has 2 aliphatic heterocycles. The second kappa shape index (κ2) is 7.02. The maximum Gasteiger partial charge on any atom is 0.298 e. The number of hydrogen-bond donors (Lipinski definition) is 0. The van der Waals surface area contributed by atoms with E-state index in [2.05, 4.69) is 30.9 Å². The highest BCUT2D eigenvalue weighted by atomic mass is 35.5. The summed E-state index contributed by atoms with van der Waals surface area (Å²) in [6, 6.07) is 10.4. The molecule has 156 valence electrons. The van der Waals surface area contributed by atoms with Crippen molar-refractivity contribution >= 4 is 34.5 Å². The molecule has 6 heteroatoms. The van der Waals surface area contributed by atoms with E-state index in [-0.39, 0.29) is 5.78 Å². The van der Waals surface area contributed by atoms with E-state index >= 15 is 0 Å². The Bertz CT molecular complexity index is 1140. The van der Waals surface area contributed by atoms with Gasteiger partial charge < -0.3 is 14.1 Å². The Morgan fingerprint density at radius 1 is 1.17 bits per heavy atom. The molecule has 2 aromatic carbocycles. The van der Waals surface area contributed by atoms with Crippen LogP contribution in [0.3, 0.4) is 0 Å². The van der Waals surface area contributed by atoms with E-state index in [4.69, 9.17) is 25.7 Å². The van der Waals surface area contributed by atoms with Crippen LogP contribution in [0.4, 0.5) is 6.01 Å². The van der Waals surface area contributed by atoms with Crippen LogP contribution in [0.5, 0.6) is 5.75 Å². The Morgan fingerprint density at radius 3 is 2.67 bits per heavy atom. The third kappa shape index (κ3) is 3.25. The number of hydrogen-bond acceptors (Lipinski definition) is 5. The van der Waals surface area contributed by atoms with Crippen molar-refractivity contribution in [2.24, 2.45) is 0 Å². The van der Waals surface area contributed by atoms with Crippen LogP contribution in [0.1, 0.15) is 60.5 Å². The van der Waals surface area contributed by atoms with E-state index in [0.29, 0.717) is 34.7 Å². The number of piperidine rings is 1. The molecule has 0 amide bonds. The molecule has 0 N–H and O–H groups in total. The minimum Gasteiger partial charge on any atom is -0.486 e. The number of halogens is 1. The zero-order valence-electron chi connectivity index (χ0n) is 17.5. The van der Waals surface area contributed by atoms with Gasteiger partial charge in [-0.3, -0.25) is 4.79 Å². The van der Waals surface area contributed by atoms with Crippen LogP contribution >= 0.6 is 11.6 Å². The first-order valence-corrected chi connectivity index (χ1v) is 10.9. The summed E-state index contributed by atoms with van der Waals surface area (Å²) in [6.45, 7) is 7.76. The molecule has 0 radical (unpaired) electrons. The SMILES string of the molecule is Cc1cc(Cl)cc2c1OC1(CCN(c3nc4cc(C(C)C)ccc4o3)CC1)CC2=O. The van der Waals surface area contributed by atoms with Crippen LogP contribution in [0.2, 0.25) is 5.02 Å². The number of ketones is 1. The van der Waals surface area contributed by atoms with Gasteiger partial charge in [-0.1, -0.05) is 31.5 Å². The summed E-state index contributed by atoms with van der Waals surface area (Å²) < 4.78 is 12.5. The average Bonchev–Trinajstić information content (AvgIpc) is 3.13. The molecule has 0 unspecified atom stereocenters. The normalized spacial score (nSPS) is 18.2. The molecule has 0 bridgehead atoms. The molecule has 5 rings (SSSR count). The summed E-state index contributed by atoms with van der Waals surface area (Å²) in [6.07, 6.45) is 1.88. The number of aromatic nitrogens is 1. The first-order valence-electron chi connectivity index (χ1n) is 10.5. The predicted molar refractivity (Wildman–Crippen MR) is 118 cm³/mol. The van der Waals surface area contributed by atoms with Crippen molar-refractivity contribution in [3.8, 4) is 5.75 Å². The highest BCUT2D eigenvalue weighted by Gasteiger charge is 2.44. The summed E-state index contributed by atoms with van der Waals surface area (Å²) in [4.78, 5) is 19.7. The van der Waals surface area contributed by atoms with Gasteiger partial charge >= 0.3 is 0 Å². The molecule has 30 heavy (non-hydrogen) atoms. The van der Waals surface area contributed by atoms with Gasteiger partial charge in [-0.15, -0.1) is 0 Å². The fourth-order valence-corrected chi connectivity index (χ4v) is 4.80. The van der Waals surface area contributed by atoms with Gasteiger partial charge in [-0.2, -0.15) is 4.98 Å². The van der Waals surface area contributed by atoms with Crippen molar-refractivity contribution in [1.82, 2.24) is 4.98 Å². The summed E-state index contributed by atoms with van der Waals surface area (Å²) in [5.74, 6) is 1.25. The Balaban J connectivity index is 1.36. The molecule has 1 fully saturated rings. The molecular weight excluding hydrogens is 400 g/mol. The highest BCUT2D eigenvalue weighted by molar-refractivity contribution is 6.31. The number of ether oxygens (including phenoxy) is 1. The number of carbonyl (C=O) groups excluding carboxylic acids is 1. The Morgan fingerprint density at radius 2 is 1.93 bits per heavy atom. The molecule has 1 aromatic heterocycles. The van der Waals surface area contributed by atoms with E-state index < -0.39 is 5.60 Å². The molecule has 1 saturated heterocycles. The summed E-state index contributed by atoms with van der Waals surface area (Å²) >= 11 is 6.14. The van der Waals surface area contributed by atoms with Crippen molar-refractivity contribution in [2.75, 3.05) is 18.0 Å². The van der Waals surface area contributed by atoms with Gasteiger partial charge in [-0.05, 0) is 48.2 Å². The topological polar surface area (TPSA) is 55.6 Å². The van der Waals surface area contributed by atoms with Crippen molar-refractivity contribution in [1.29, 1.82) is 0 Å². The summed E-state index contributed by atoms with van der Waals surface area (Å²) in [5, 5.41) is 0.575. The Kier molecular flexibility index (Phi) is 4.55. The fourth-order valence-electron chi connectivity index (χ4n) is 4.52. The van der Waals surface area contributed by atoms with Crippen molar-refractivity contribution < 1.29 is 13.9 Å². The van der Waals surface area contributed by atoms with Crippen LogP contribution in [0.25, 0.3) is 11.1 Å². The first kappa shape index (κ1) is 19.4. The zero-order valence-corrected chi connectivity index (χ0v) is 18.3. The number of Topliss-reactive ketones (excluding diaryl/α,β-unsaturated/α-hetero) is 1. The molecule has 0 aliphatic carbocycles. The van der Waals surface area contributed by atoms with E-state index in [1.165, 1.54) is 5.56 Å². The standard InChI is InChI=1S/C24H25ClN2O3/c1-14(2)16-4-5-21-19(11-16)26-23(29-21)27-8-6-24(7-9-27)13-20(28)18-12-17(25)10-15(3)22(18)30-24/h4-5,10-12,14H,6-9,13H2,1-3H3. The van der Waals surface area contributed by atoms with Gasteiger partial charge in [0.2, 0.25) is 0 Å². The van der Waals surface area contributed by atoms with Gasteiger partial charge in [0, 0.05) is 31.0 Å². The lowest BCUT2D eigenvalue weighted by molar-refractivity contribution is 0.0221. The van der Waals surface area contributed by atoms with Crippen LogP contribution in [0.15, 0.2) is 34.7 Å². The number of aryl methyl sites for hydroxylation is 1. The number of nitrogens with zero attached hydrogens (tertiary/aromatic N) is 2. The third-order valence-corrected chi connectivity index (χ3v) is 6.57. The summed E-state index contributed by atoms with van der Waals surface area (Å²) in [5.41, 5.74) is 4.00. The van der Waals surface area contributed by atoms with E-state index in [9.17, 15) is 4.79 Å². The van der Waals surface area contributed by atoms with E-state index in [0.717, 1.165) is 42.6 Å². The van der Waals surface area contributed by atoms with Crippen molar-refractivity contribution in [3.05, 3.63) is 52.0 Å². The molecule has 1 spiro atoms. The Labute approximate surface area is 181 Å². The maximum atomic E-state index is 12.8. The van der Waals surface area contributed by atoms with Gasteiger partial charge in [0.15, 0.2) is 11.4 Å². The average molecular weight is 425 g/mol. The predicted octanol–water partition coefficient (Wildman–Crippen LogP) is 5.92. The Hall–Kier alpha value is -2.53. The number of carbonyl (C=O) groups is 1. The second-order valence-corrected chi connectivity index (χ2v) is 9.29. The lowest BCUT2D eigenvalue weighted by Crippen LogP contribution is -2.51. The van der Waals surface area contributed by atoms with Crippen LogP contribution in [-0.4, -0.2) is 29.5 Å². The largest absolute Gasteiger partial charge is 0.486 e. The smallest absolute Gasteiger partial charge is 0.298 e. The van der Waals surface area contributed by atoms with Crippen molar-refractivity contribution in [2.45, 2.75) is 51.6 Å². The monoisotopic (exact) mass is 424 g/mol. The van der Waals surface area contributed by atoms with Gasteiger partial charge in [0.1, 0.15) is 16.9 Å². The fraction of sp³-hybridized carbons (Fsp3) is 0.417. The van der Waals surface area contributed by atoms with Crippen LogP contribution in [-0.2, 0) is 0 Å². The summed E-state index contributed by atoms with van der Waals surface area (Å²) in [7, 11) is 0. The molecule has 3 aromatic rings. The molecule has 5 nitrogen and oxygen atoms in total.